The Morgan fingerprint density at radius 3 is 2.52 bits per heavy atom. The van der Waals surface area contributed by atoms with Gasteiger partial charge in [-0.25, -0.2) is 13.2 Å². The Bertz CT molecular complexity index is 1190. The predicted molar refractivity (Wildman–Crippen MR) is 105 cm³/mol. The van der Waals surface area contributed by atoms with Crippen LogP contribution in [0.5, 0.6) is 0 Å². The Balaban J connectivity index is 1.60. The molecule has 10 heteroatoms. The van der Waals surface area contributed by atoms with Crippen molar-refractivity contribution in [2.75, 3.05) is 31.6 Å². The Morgan fingerprint density at radius 1 is 1.07 bits per heavy atom. The number of morpholine rings is 1. The van der Waals surface area contributed by atoms with Gasteiger partial charge < -0.3 is 14.5 Å². The Kier molecular flexibility index (Phi) is 5.22. The molecule has 1 N–H and O–H groups in total. The number of hydrogen-bond acceptors (Lipinski definition) is 6. The first-order valence-electron chi connectivity index (χ1n) is 9.01. The van der Waals surface area contributed by atoms with Crippen LogP contribution in [0, 0.1) is 0 Å². The number of nitrogens with one attached hydrogen (secondary N) is 1. The molecule has 1 amide bonds. The topological polar surface area (TPSA) is 111 Å². The molecule has 1 aliphatic heterocycles. The molecule has 0 spiro atoms. The Hall–Kier alpha value is -2.95. The van der Waals surface area contributed by atoms with E-state index in [1.54, 1.807) is 24.3 Å². The van der Waals surface area contributed by atoms with E-state index in [9.17, 15) is 18.0 Å². The fourth-order valence-corrected chi connectivity index (χ4v) is 4.58. The van der Waals surface area contributed by atoms with E-state index in [4.69, 9.17) is 9.15 Å². The number of nitrogens with zero attached hydrogens (tertiary/aromatic N) is 2. The number of amides is 1. The minimum Gasteiger partial charge on any atom is -0.408 e. The standard InChI is InChI=1S/C19H19N3O6S/c23-18(20-14-4-2-1-3-5-14)13-22-16-7-6-15(12-17(16)28-19(22)24)29(25,26)21-8-10-27-11-9-21/h1-7,12H,8-11,13H2,(H,20,23). The molecule has 9 nitrogen and oxygen atoms in total. The number of para-hydroxylation sites is 1. The largest absolute Gasteiger partial charge is 0.420 e. The van der Waals surface area contributed by atoms with Crippen molar-refractivity contribution in [1.82, 2.24) is 8.87 Å². The highest BCUT2D eigenvalue weighted by Crippen LogP contribution is 2.22. The van der Waals surface area contributed by atoms with Gasteiger partial charge in [-0.1, -0.05) is 18.2 Å². The maximum absolute atomic E-state index is 12.8. The van der Waals surface area contributed by atoms with Gasteiger partial charge in [-0.2, -0.15) is 4.31 Å². The van der Waals surface area contributed by atoms with Gasteiger partial charge in [-0.3, -0.25) is 9.36 Å². The number of carbonyl (C=O) groups excluding carboxylic acids is 1. The number of ether oxygens (including phenoxy) is 1. The highest BCUT2D eigenvalue weighted by Gasteiger charge is 2.27. The van der Waals surface area contributed by atoms with Crippen molar-refractivity contribution < 1.29 is 22.4 Å². The number of aromatic nitrogens is 1. The normalized spacial score (nSPS) is 15.4. The summed E-state index contributed by atoms with van der Waals surface area (Å²) in [6.07, 6.45) is 0. The van der Waals surface area contributed by atoms with Crippen LogP contribution in [0.25, 0.3) is 11.1 Å². The molecule has 4 rings (SSSR count). The van der Waals surface area contributed by atoms with Crippen LogP contribution in [0.3, 0.4) is 0 Å². The molecule has 0 aliphatic carbocycles. The van der Waals surface area contributed by atoms with E-state index in [1.807, 2.05) is 6.07 Å². The summed E-state index contributed by atoms with van der Waals surface area (Å²) in [5, 5.41) is 2.70. The van der Waals surface area contributed by atoms with Crippen LogP contribution in [0.2, 0.25) is 0 Å². The minimum absolute atomic E-state index is 0.0292. The monoisotopic (exact) mass is 417 g/mol. The summed E-state index contributed by atoms with van der Waals surface area (Å²) in [5.74, 6) is -1.13. The summed E-state index contributed by atoms with van der Waals surface area (Å²) < 4.78 is 38.5. The van der Waals surface area contributed by atoms with E-state index >= 15 is 0 Å². The van der Waals surface area contributed by atoms with E-state index < -0.39 is 21.7 Å². The first-order chi connectivity index (χ1) is 13.9. The van der Waals surface area contributed by atoms with Gasteiger partial charge in [-0.15, -0.1) is 0 Å². The van der Waals surface area contributed by atoms with Crippen molar-refractivity contribution in [1.29, 1.82) is 0 Å². The van der Waals surface area contributed by atoms with Crippen LogP contribution in [0.4, 0.5) is 5.69 Å². The molecule has 1 saturated heterocycles. The lowest BCUT2D eigenvalue weighted by Crippen LogP contribution is -2.40. The molecular formula is C19H19N3O6S. The second-order valence-corrected chi connectivity index (χ2v) is 8.45. The van der Waals surface area contributed by atoms with E-state index in [0.29, 0.717) is 24.4 Å². The van der Waals surface area contributed by atoms with E-state index in [0.717, 1.165) is 0 Å². The van der Waals surface area contributed by atoms with Crippen LogP contribution in [0.15, 0.2) is 62.6 Å². The summed E-state index contributed by atoms with van der Waals surface area (Å²) in [4.78, 5) is 24.5. The lowest BCUT2D eigenvalue weighted by Gasteiger charge is -2.25. The van der Waals surface area contributed by atoms with Crippen LogP contribution in [-0.2, 0) is 26.1 Å². The van der Waals surface area contributed by atoms with E-state index in [1.165, 1.54) is 27.1 Å². The van der Waals surface area contributed by atoms with Crippen molar-refractivity contribution in [3.05, 3.63) is 59.1 Å². The number of anilines is 1. The van der Waals surface area contributed by atoms with E-state index in [-0.39, 0.29) is 30.1 Å². The summed E-state index contributed by atoms with van der Waals surface area (Å²) in [7, 11) is -3.72. The fourth-order valence-electron chi connectivity index (χ4n) is 3.16. The average Bonchev–Trinajstić information content (AvgIpc) is 3.03. The summed E-state index contributed by atoms with van der Waals surface area (Å²) in [5.41, 5.74) is 1.06. The number of fused-ring (bicyclic) bond motifs is 1. The van der Waals surface area contributed by atoms with Gasteiger partial charge in [-0.05, 0) is 24.3 Å². The maximum atomic E-state index is 12.8. The summed E-state index contributed by atoms with van der Waals surface area (Å²) in [6.45, 7) is 0.958. The molecule has 1 aliphatic rings. The number of sulfonamides is 1. The highest BCUT2D eigenvalue weighted by atomic mass is 32.2. The Morgan fingerprint density at radius 2 is 1.79 bits per heavy atom. The van der Waals surface area contributed by atoms with Gasteiger partial charge in [0.15, 0.2) is 5.58 Å². The van der Waals surface area contributed by atoms with Gasteiger partial charge in [0, 0.05) is 24.8 Å². The molecule has 1 fully saturated rings. The SMILES string of the molecule is O=C(Cn1c(=O)oc2cc(S(=O)(=O)N3CCOCC3)ccc21)Nc1ccccc1. The van der Waals surface area contributed by atoms with Gasteiger partial charge >= 0.3 is 5.76 Å². The number of hydrogen-bond donors (Lipinski definition) is 1. The number of oxazole rings is 1. The van der Waals surface area contributed by atoms with Crippen molar-refractivity contribution in [3.8, 4) is 0 Å². The quantitative estimate of drug-likeness (QED) is 0.669. The highest BCUT2D eigenvalue weighted by molar-refractivity contribution is 7.89. The van der Waals surface area contributed by atoms with Crippen molar-refractivity contribution in [2.24, 2.45) is 0 Å². The molecule has 1 aromatic heterocycles. The van der Waals surface area contributed by atoms with Gasteiger partial charge in [0.05, 0.1) is 23.6 Å². The maximum Gasteiger partial charge on any atom is 0.420 e. The number of rotatable bonds is 5. The first kappa shape index (κ1) is 19.4. The molecular weight excluding hydrogens is 398 g/mol. The third kappa shape index (κ3) is 3.95. The molecule has 29 heavy (non-hydrogen) atoms. The molecule has 0 bridgehead atoms. The number of benzene rings is 2. The fraction of sp³-hybridized carbons (Fsp3) is 0.263. The Labute approximate surface area is 166 Å². The molecule has 3 aromatic rings. The molecule has 2 aromatic carbocycles. The van der Waals surface area contributed by atoms with Crippen LogP contribution in [0.1, 0.15) is 0 Å². The van der Waals surface area contributed by atoms with Gasteiger partial charge in [0.1, 0.15) is 6.54 Å². The van der Waals surface area contributed by atoms with Crippen molar-refractivity contribution in [3.63, 3.8) is 0 Å². The minimum atomic E-state index is -3.72. The molecule has 0 unspecified atom stereocenters. The zero-order valence-electron chi connectivity index (χ0n) is 15.4. The zero-order valence-corrected chi connectivity index (χ0v) is 16.2. The molecule has 0 radical (unpaired) electrons. The van der Waals surface area contributed by atoms with Crippen LogP contribution in [-0.4, -0.2) is 49.5 Å². The third-order valence-electron chi connectivity index (χ3n) is 4.61. The second-order valence-electron chi connectivity index (χ2n) is 6.51. The molecule has 2 heterocycles. The van der Waals surface area contributed by atoms with Crippen LogP contribution >= 0.6 is 0 Å². The van der Waals surface area contributed by atoms with Gasteiger partial charge in [0.2, 0.25) is 15.9 Å². The number of carbonyl (C=O) groups is 1. The van der Waals surface area contributed by atoms with Crippen LogP contribution < -0.4 is 11.1 Å². The summed E-state index contributed by atoms with van der Waals surface area (Å²) in [6, 6.07) is 13.1. The van der Waals surface area contributed by atoms with E-state index in [2.05, 4.69) is 5.32 Å². The zero-order chi connectivity index (χ0) is 20.4. The second kappa shape index (κ2) is 7.82. The lowest BCUT2D eigenvalue weighted by atomic mass is 10.3. The predicted octanol–water partition coefficient (Wildman–Crippen LogP) is 1.25. The molecule has 0 saturated carbocycles. The first-order valence-corrected chi connectivity index (χ1v) is 10.5. The molecule has 152 valence electrons. The molecule has 0 atom stereocenters. The van der Waals surface area contributed by atoms with Gasteiger partial charge in [0.25, 0.3) is 0 Å². The van der Waals surface area contributed by atoms with Crippen molar-refractivity contribution in [2.45, 2.75) is 11.4 Å². The average molecular weight is 417 g/mol. The summed E-state index contributed by atoms with van der Waals surface area (Å²) >= 11 is 0. The van der Waals surface area contributed by atoms with Crippen molar-refractivity contribution >= 4 is 32.7 Å². The third-order valence-corrected chi connectivity index (χ3v) is 6.50. The lowest BCUT2D eigenvalue weighted by molar-refractivity contribution is -0.116. The smallest absolute Gasteiger partial charge is 0.408 e.